The first-order valence-corrected chi connectivity index (χ1v) is 6.29. The summed E-state index contributed by atoms with van der Waals surface area (Å²) < 4.78 is 5.43. The maximum Gasteiger partial charge on any atom is 0.165 e. The first-order chi connectivity index (χ1) is 7.75. The van der Waals surface area contributed by atoms with E-state index < -0.39 is 0 Å². The Bertz CT molecular complexity index is 515. The molecule has 1 aliphatic rings. The van der Waals surface area contributed by atoms with Crippen molar-refractivity contribution in [2.45, 2.75) is 32.3 Å². The van der Waals surface area contributed by atoms with Crippen LogP contribution < -0.4 is 0 Å². The van der Waals surface area contributed by atoms with Crippen LogP contribution >= 0.6 is 11.3 Å². The van der Waals surface area contributed by atoms with Crippen LogP contribution in [0.15, 0.2) is 16.7 Å². The Kier molecular flexibility index (Phi) is 2.33. The van der Waals surface area contributed by atoms with Crippen LogP contribution in [0.4, 0.5) is 0 Å². The van der Waals surface area contributed by atoms with Gasteiger partial charge in [0.1, 0.15) is 0 Å². The van der Waals surface area contributed by atoms with Gasteiger partial charge < -0.3 is 9.52 Å². The van der Waals surface area contributed by atoms with E-state index in [0.29, 0.717) is 0 Å². The van der Waals surface area contributed by atoms with Crippen LogP contribution in [-0.2, 0) is 6.42 Å². The quantitative estimate of drug-likeness (QED) is 0.826. The van der Waals surface area contributed by atoms with Gasteiger partial charge >= 0.3 is 0 Å². The molecule has 0 spiro atoms. The third-order valence-corrected chi connectivity index (χ3v) is 4.18. The van der Waals surface area contributed by atoms with Crippen LogP contribution in [0.1, 0.15) is 35.1 Å². The Labute approximate surface area is 97.8 Å². The number of aryl methyl sites for hydroxylation is 2. The van der Waals surface area contributed by atoms with Crippen molar-refractivity contribution in [1.82, 2.24) is 4.98 Å². The van der Waals surface area contributed by atoms with Crippen molar-refractivity contribution in [2.75, 3.05) is 0 Å². The van der Waals surface area contributed by atoms with E-state index in [0.717, 1.165) is 46.2 Å². The number of rotatable bonds is 1. The lowest BCUT2D eigenvalue weighted by Gasteiger charge is -2.14. The highest BCUT2D eigenvalue weighted by molar-refractivity contribution is 7.15. The van der Waals surface area contributed by atoms with Crippen molar-refractivity contribution in [2.24, 2.45) is 0 Å². The van der Waals surface area contributed by atoms with Gasteiger partial charge in [-0.2, -0.15) is 0 Å². The average Bonchev–Trinajstić information content (AvgIpc) is 2.84. The number of aliphatic hydroxyl groups excluding tert-OH is 1. The van der Waals surface area contributed by atoms with E-state index in [2.05, 4.69) is 4.98 Å². The van der Waals surface area contributed by atoms with Gasteiger partial charge in [-0.3, -0.25) is 0 Å². The molecular formula is C12H13NO2S. The SMILES string of the molecule is Cc1ccoc1-c1nc2c(s1)C(O)CCC2. The minimum Gasteiger partial charge on any atom is -0.462 e. The predicted octanol–water partition coefficient (Wildman–Crippen LogP) is 3.08. The van der Waals surface area contributed by atoms with Crippen molar-refractivity contribution >= 4 is 11.3 Å². The van der Waals surface area contributed by atoms with Crippen LogP contribution in [0, 0.1) is 6.92 Å². The molecule has 3 rings (SSSR count). The minimum absolute atomic E-state index is 0.328. The summed E-state index contributed by atoms with van der Waals surface area (Å²) in [5.41, 5.74) is 2.15. The highest BCUT2D eigenvalue weighted by Gasteiger charge is 2.24. The van der Waals surface area contributed by atoms with Crippen molar-refractivity contribution in [3.63, 3.8) is 0 Å². The maximum absolute atomic E-state index is 9.88. The van der Waals surface area contributed by atoms with Gasteiger partial charge in [0.15, 0.2) is 10.8 Å². The zero-order valence-electron chi connectivity index (χ0n) is 9.06. The first-order valence-electron chi connectivity index (χ1n) is 5.48. The number of aliphatic hydroxyl groups is 1. The average molecular weight is 235 g/mol. The molecule has 84 valence electrons. The molecule has 0 radical (unpaired) electrons. The molecule has 0 aromatic carbocycles. The van der Waals surface area contributed by atoms with Gasteiger partial charge in [0, 0.05) is 0 Å². The fraction of sp³-hybridized carbons (Fsp3) is 0.417. The molecule has 0 saturated carbocycles. The molecule has 0 aliphatic heterocycles. The smallest absolute Gasteiger partial charge is 0.165 e. The second-order valence-electron chi connectivity index (χ2n) is 4.17. The molecule has 2 heterocycles. The molecule has 3 nitrogen and oxygen atoms in total. The van der Waals surface area contributed by atoms with Crippen LogP contribution in [0.3, 0.4) is 0 Å². The van der Waals surface area contributed by atoms with E-state index in [1.54, 1.807) is 17.6 Å². The van der Waals surface area contributed by atoms with Gasteiger partial charge in [0.25, 0.3) is 0 Å². The van der Waals surface area contributed by atoms with Crippen molar-refractivity contribution in [3.05, 3.63) is 28.5 Å². The Morgan fingerprint density at radius 2 is 2.44 bits per heavy atom. The number of aromatic nitrogens is 1. The zero-order chi connectivity index (χ0) is 11.1. The first kappa shape index (κ1) is 10.1. The molecule has 0 bridgehead atoms. The van der Waals surface area contributed by atoms with Gasteiger partial charge in [-0.1, -0.05) is 0 Å². The Balaban J connectivity index is 2.08. The van der Waals surface area contributed by atoms with Gasteiger partial charge in [0.2, 0.25) is 0 Å². The van der Waals surface area contributed by atoms with Gasteiger partial charge in [-0.15, -0.1) is 11.3 Å². The predicted molar refractivity (Wildman–Crippen MR) is 62.5 cm³/mol. The van der Waals surface area contributed by atoms with Crippen LogP contribution in [0.25, 0.3) is 10.8 Å². The molecule has 1 aliphatic carbocycles. The number of hydrogen-bond acceptors (Lipinski definition) is 4. The third kappa shape index (κ3) is 1.49. The summed E-state index contributed by atoms with van der Waals surface area (Å²) in [5.74, 6) is 0.839. The fourth-order valence-corrected chi connectivity index (χ4v) is 3.27. The molecule has 0 amide bonds. The molecule has 0 fully saturated rings. The molecule has 1 unspecified atom stereocenters. The van der Waals surface area contributed by atoms with Crippen molar-refractivity contribution in [1.29, 1.82) is 0 Å². The molecule has 0 saturated heterocycles. The summed E-state index contributed by atoms with van der Waals surface area (Å²) >= 11 is 1.56. The summed E-state index contributed by atoms with van der Waals surface area (Å²) in [5, 5.41) is 10.8. The number of hydrogen-bond donors (Lipinski definition) is 1. The summed E-state index contributed by atoms with van der Waals surface area (Å²) in [6.45, 7) is 2.01. The zero-order valence-corrected chi connectivity index (χ0v) is 9.88. The van der Waals surface area contributed by atoms with Gasteiger partial charge in [-0.05, 0) is 37.8 Å². The largest absolute Gasteiger partial charge is 0.462 e. The lowest BCUT2D eigenvalue weighted by Crippen LogP contribution is -2.06. The van der Waals surface area contributed by atoms with Gasteiger partial charge in [-0.25, -0.2) is 4.98 Å². The molecule has 2 aromatic heterocycles. The van der Waals surface area contributed by atoms with E-state index in [1.807, 2.05) is 13.0 Å². The van der Waals surface area contributed by atoms with E-state index in [1.165, 1.54) is 0 Å². The maximum atomic E-state index is 9.88. The number of fused-ring (bicyclic) bond motifs is 1. The van der Waals surface area contributed by atoms with Crippen molar-refractivity contribution < 1.29 is 9.52 Å². The summed E-state index contributed by atoms with van der Waals surface area (Å²) in [6.07, 6.45) is 4.20. The number of furan rings is 1. The molecule has 1 atom stereocenters. The van der Waals surface area contributed by atoms with Crippen LogP contribution in [0.5, 0.6) is 0 Å². The second-order valence-corrected chi connectivity index (χ2v) is 5.20. The highest BCUT2D eigenvalue weighted by Crippen LogP contribution is 2.38. The van der Waals surface area contributed by atoms with Crippen LogP contribution in [0.2, 0.25) is 0 Å². The Morgan fingerprint density at radius 3 is 3.12 bits per heavy atom. The normalized spacial score (nSPS) is 19.8. The van der Waals surface area contributed by atoms with E-state index >= 15 is 0 Å². The number of nitrogens with zero attached hydrogens (tertiary/aromatic N) is 1. The van der Waals surface area contributed by atoms with Gasteiger partial charge in [0.05, 0.1) is 22.9 Å². The van der Waals surface area contributed by atoms with E-state index in [4.69, 9.17) is 4.42 Å². The molecule has 1 N–H and O–H groups in total. The van der Waals surface area contributed by atoms with Crippen LogP contribution in [-0.4, -0.2) is 10.1 Å². The molecule has 16 heavy (non-hydrogen) atoms. The highest BCUT2D eigenvalue weighted by atomic mass is 32.1. The molecule has 4 heteroatoms. The number of thiazole rings is 1. The monoisotopic (exact) mass is 235 g/mol. The van der Waals surface area contributed by atoms with Crippen molar-refractivity contribution in [3.8, 4) is 10.8 Å². The molecule has 2 aromatic rings. The Hall–Kier alpha value is -1.13. The van der Waals surface area contributed by atoms with E-state index in [9.17, 15) is 5.11 Å². The summed E-state index contributed by atoms with van der Waals surface area (Å²) in [6, 6.07) is 1.94. The lowest BCUT2D eigenvalue weighted by atomic mass is 10.0. The standard InChI is InChI=1S/C12H13NO2S/c1-7-5-6-15-10(7)12-13-8-3-2-4-9(14)11(8)16-12/h5-6,9,14H,2-4H2,1H3. The lowest BCUT2D eigenvalue weighted by molar-refractivity contribution is 0.160. The summed E-state index contributed by atoms with van der Waals surface area (Å²) in [4.78, 5) is 5.59. The summed E-state index contributed by atoms with van der Waals surface area (Å²) in [7, 11) is 0. The van der Waals surface area contributed by atoms with E-state index in [-0.39, 0.29) is 6.10 Å². The second kappa shape index (κ2) is 3.71. The third-order valence-electron chi connectivity index (χ3n) is 2.98. The fourth-order valence-electron chi connectivity index (χ4n) is 2.09. The minimum atomic E-state index is -0.328. The Morgan fingerprint density at radius 1 is 1.56 bits per heavy atom. The topological polar surface area (TPSA) is 46.3 Å². The molecular weight excluding hydrogens is 222 g/mol.